The molecular formula is C16H16N4O5S. The number of anilines is 2. The van der Waals surface area contributed by atoms with Crippen molar-refractivity contribution in [1.29, 1.82) is 0 Å². The minimum atomic E-state index is -2.97. The Labute approximate surface area is 149 Å². The predicted octanol–water partition coefficient (Wildman–Crippen LogP) is 1.06. The van der Waals surface area contributed by atoms with Crippen molar-refractivity contribution in [3.63, 3.8) is 0 Å². The summed E-state index contributed by atoms with van der Waals surface area (Å²) in [6, 6.07) is 4.91. The van der Waals surface area contributed by atoms with E-state index in [4.69, 9.17) is 9.47 Å². The number of hydrogen-bond acceptors (Lipinski definition) is 8. The number of carbonyl (C=O) groups excluding carboxylic acids is 1. The van der Waals surface area contributed by atoms with E-state index in [1.807, 2.05) is 0 Å². The Morgan fingerprint density at radius 1 is 1.15 bits per heavy atom. The van der Waals surface area contributed by atoms with E-state index in [1.165, 1.54) is 12.4 Å². The van der Waals surface area contributed by atoms with Crippen molar-refractivity contribution in [2.45, 2.75) is 12.5 Å². The number of carbonyl (C=O) groups is 1. The molecule has 9 nitrogen and oxygen atoms in total. The van der Waals surface area contributed by atoms with Crippen molar-refractivity contribution >= 4 is 27.2 Å². The Balaban J connectivity index is 1.39. The molecule has 26 heavy (non-hydrogen) atoms. The Kier molecular flexibility index (Phi) is 4.11. The first-order chi connectivity index (χ1) is 12.5. The number of nitrogens with one attached hydrogen (secondary N) is 2. The standard InChI is InChI=1S/C16H16N4O5S/c21-16(20-10-1-2-13-14(5-10)25-9-24-13)12-6-18-15(7-17-12)19-11-3-4-26(22,23)8-11/h1-2,5-7,11H,3-4,8-9H2,(H,18,19)(H,20,21). The van der Waals surface area contributed by atoms with E-state index in [0.717, 1.165) is 0 Å². The zero-order chi connectivity index (χ0) is 18.1. The van der Waals surface area contributed by atoms with E-state index in [9.17, 15) is 13.2 Å². The third-order valence-corrected chi connectivity index (χ3v) is 5.87. The van der Waals surface area contributed by atoms with Gasteiger partial charge in [-0.25, -0.2) is 18.4 Å². The van der Waals surface area contributed by atoms with Crippen molar-refractivity contribution in [1.82, 2.24) is 9.97 Å². The number of rotatable bonds is 4. The van der Waals surface area contributed by atoms with Crippen LogP contribution in [-0.2, 0) is 9.84 Å². The molecule has 0 spiro atoms. The lowest BCUT2D eigenvalue weighted by Gasteiger charge is -2.11. The lowest BCUT2D eigenvalue weighted by Crippen LogP contribution is -2.22. The molecule has 2 aliphatic rings. The SMILES string of the molecule is O=C(Nc1ccc2c(c1)OCO2)c1cnc(NC2CCS(=O)(=O)C2)cn1. The second kappa shape index (κ2) is 6.45. The molecular weight excluding hydrogens is 360 g/mol. The highest BCUT2D eigenvalue weighted by atomic mass is 32.2. The first-order valence-electron chi connectivity index (χ1n) is 7.98. The van der Waals surface area contributed by atoms with E-state index in [-0.39, 0.29) is 30.0 Å². The molecule has 0 radical (unpaired) electrons. The highest BCUT2D eigenvalue weighted by molar-refractivity contribution is 7.91. The van der Waals surface area contributed by atoms with Crippen LogP contribution in [0.1, 0.15) is 16.9 Å². The summed E-state index contributed by atoms with van der Waals surface area (Å²) in [4.78, 5) is 20.5. The van der Waals surface area contributed by atoms with Crippen LogP contribution in [0.4, 0.5) is 11.5 Å². The third kappa shape index (κ3) is 3.54. The monoisotopic (exact) mass is 376 g/mol. The minimum absolute atomic E-state index is 0.0844. The van der Waals surface area contributed by atoms with Crippen LogP contribution < -0.4 is 20.1 Å². The molecule has 136 valence electrons. The van der Waals surface area contributed by atoms with Gasteiger partial charge in [-0.3, -0.25) is 4.79 Å². The Hall–Kier alpha value is -2.88. The highest BCUT2D eigenvalue weighted by Gasteiger charge is 2.28. The van der Waals surface area contributed by atoms with Crippen LogP contribution in [0, 0.1) is 0 Å². The maximum Gasteiger partial charge on any atom is 0.275 e. The van der Waals surface area contributed by atoms with Gasteiger partial charge in [-0.05, 0) is 18.6 Å². The molecule has 1 saturated heterocycles. The van der Waals surface area contributed by atoms with Gasteiger partial charge in [-0.2, -0.15) is 0 Å². The van der Waals surface area contributed by atoms with Gasteiger partial charge in [0.2, 0.25) is 6.79 Å². The summed E-state index contributed by atoms with van der Waals surface area (Å²) in [7, 11) is -2.97. The Morgan fingerprint density at radius 2 is 2.00 bits per heavy atom. The largest absolute Gasteiger partial charge is 0.454 e. The van der Waals surface area contributed by atoms with Gasteiger partial charge >= 0.3 is 0 Å². The molecule has 4 rings (SSSR count). The average molecular weight is 376 g/mol. The molecule has 10 heteroatoms. The molecule has 1 aromatic carbocycles. The molecule has 0 aliphatic carbocycles. The predicted molar refractivity (Wildman–Crippen MR) is 93.2 cm³/mol. The van der Waals surface area contributed by atoms with Gasteiger partial charge in [0.25, 0.3) is 5.91 Å². The summed E-state index contributed by atoms with van der Waals surface area (Å²) in [6.07, 6.45) is 3.30. The van der Waals surface area contributed by atoms with E-state index >= 15 is 0 Å². The zero-order valence-electron chi connectivity index (χ0n) is 13.6. The fourth-order valence-corrected chi connectivity index (χ4v) is 4.48. The van der Waals surface area contributed by atoms with E-state index in [2.05, 4.69) is 20.6 Å². The number of hydrogen-bond donors (Lipinski definition) is 2. The highest BCUT2D eigenvalue weighted by Crippen LogP contribution is 2.34. The van der Waals surface area contributed by atoms with Crippen LogP contribution in [-0.4, -0.2) is 48.6 Å². The van der Waals surface area contributed by atoms with Gasteiger partial charge < -0.3 is 20.1 Å². The smallest absolute Gasteiger partial charge is 0.275 e. The lowest BCUT2D eigenvalue weighted by molar-refractivity contribution is 0.102. The van der Waals surface area contributed by atoms with Gasteiger partial charge in [0.1, 0.15) is 11.5 Å². The van der Waals surface area contributed by atoms with Gasteiger partial charge in [-0.1, -0.05) is 0 Å². The van der Waals surface area contributed by atoms with Crippen molar-refractivity contribution in [3.8, 4) is 11.5 Å². The van der Waals surface area contributed by atoms with E-state index in [1.54, 1.807) is 18.2 Å². The Bertz CT molecular complexity index is 946. The molecule has 1 atom stereocenters. The molecule has 1 fully saturated rings. The molecule has 2 N–H and O–H groups in total. The van der Waals surface area contributed by atoms with Crippen molar-refractivity contribution in [2.75, 3.05) is 28.9 Å². The van der Waals surface area contributed by atoms with Crippen LogP contribution in [0.5, 0.6) is 11.5 Å². The molecule has 1 unspecified atom stereocenters. The molecule has 0 bridgehead atoms. The molecule has 1 amide bonds. The van der Waals surface area contributed by atoms with E-state index in [0.29, 0.717) is 29.4 Å². The minimum Gasteiger partial charge on any atom is -0.454 e. The van der Waals surface area contributed by atoms with Crippen LogP contribution in [0.25, 0.3) is 0 Å². The quantitative estimate of drug-likeness (QED) is 0.813. The normalized spacial score (nSPS) is 19.9. The maximum atomic E-state index is 12.3. The number of amides is 1. The zero-order valence-corrected chi connectivity index (χ0v) is 14.5. The number of benzene rings is 1. The second-order valence-corrected chi connectivity index (χ2v) is 8.28. The summed E-state index contributed by atoms with van der Waals surface area (Å²) >= 11 is 0. The fraction of sp³-hybridized carbons (Fsp3) is 0.312. The number of aromatic nitrogens is 2. The first-order valence-corrected chi connectivity index (χ1v) is 9.81. The molecule has 3 heterocycles. The molecule has 1 aromatic heterocycles. The van der Waals surface area contributed by atoms with Gasteiger partial charge in [0.15, 0.2) is 21.3 Å². The van der Waals surface area contributed by atoms with Crippen LogP contribution in [0.3, 0.4) is 0 Å². The number of ether oxygens (including phenoxy) is 2. The fourth-order valence-electron chi connectivity index (χ4n) is 2.81. The van der Waals surface area contributed by atoms with Crippen molar-refractivity contribution in [3.05, 3.63) is 36.3 Å². The van der Waals surface area contributed by atoms with Crippen LogP contribution in [0.15, 0.2) is 30.6 Å². The van der Waals surface area contributed by atoms with Crippen LogP contribution >= 0.6 is 0 Å². The summed E-state index contributed by atoms with van der Waals surface area (Å²) in [5.74, 6) is 1.49. The lowest BCUT2D eigenvalue weighted by atomic mass is 10.2. The summed E-state index contributed by atoms with van der Waals surface area (Å²) in [5, 5.41) is 5.74. The second-order valence-electron chi connectivity index (χ2n) is 6.05. The van der Waals surface area contributed by atoms with Gasteiger partial charge in [0, 0.05) is 17.8 Å². The maximum absolute atomic E-state index is 12.3. The molecule has 2 aromatic rings. The van der Waals surface area contributed by atoms with Gasteiger partial charge in [0.05, 0.1) is 23.9 Å². The first kappa shape index (κ1) is 16.6. The topological polar surface area (TPSA) is 120 Å². The van der Waals surface area contributed by atoms with Gasteiger partial charge in [-0.15, -0.1) is 0 Å². The van der Waals surface area contributed by atoms with Crippen LogP contribution in [0.2, 0.25) is 0 Å². The summed E-state index contributed by atoms with van der Waals surface area (Å²) < 4.78 is 33.4. The number of nitrogens with zero attached hydrogens (tertiary/aromatic N) is 2. The Morgan fingerprint density at radius 3 is 2.73 bits per heavy atom. The van der Waals surface area contributed by atoms with Crippen molar-refractivity contribution in [2.24, 2.45) is 0 Å². The van der Waals surface area contributed by atoms with E-state index < -0.39 is 15.7 Å². The molecule has 0 saturated carbocycles. The third-order valence-electron chi connectivity index (χ3n) is 4.10. The summed E-state index contributed by atoms with van der Waals surface area (Å²) in [6.45, 7) is 0.162. The number of sulfone groups is 1. The molecule has 2 aliphatic heterocycles. The van der Waals surface area contributed by atoms with Crippen molar-refractivity contribution < 1.29 is 22.7 Å². The number of fused-ring (bicyclic) bond motifs is 1. The average Bonchev–Trinajstić information content (AvgIpc) is 3.21. The summed E-state index contributed by atoms with van der Waals surface area (Å²) in [5.41, 5.74) is 0.701.